The van der Waals surface area contributed by atoms with E-state index >= 15 is 0 Å². The van der Waals surface area contributed by atoms with Gasteiger partial charge in [-0.2, -0.15) is 0 Å². The summed E-state index contributed by atoms with van der Waals surface area (Å²) in [5.74, 6) is 0.389. The molecule has 2 unspecified atom stereocenters. The first-order valence-corrected chi connectivity index (χ1v) is 5.40. The molecular weight excluding hydrogens is 194 g/mol. The summed E-state index contributed by atoms with van der Waals surface area (Å²) in [4.78, 5) is 2.31. The number of nitrogens with two attached hydrogens (primary N) is 1. The van der Waals surface area contributed by atoms with E-state index in [1.165, 1.54) is 0 Å². The molecule has 0 bridgehead atoms. The fraction of sp³-hybridized carbons (Fsp3) is 0.900. The van der Waals surface area contributed by atoms with E-state index in [0.717, 1.165) is 32.5 Å². The van der Waals surface area contributed by atoms with Crippen molar-refractivity contribution in [1.29, 1.82) is 0 Å². The Kier molecular flexibility index (Phi) is 4.84. The maximum absolute atomic E-state index is 8.55. The number of piperidine rings is 1. The third-order valence-electron chi connectivity index (χ3n) is 2.95. The summed E-state index contributed by atoms with van der Waals surface area (Å²) in [6, 6.07) is 0. The Hall–Kier alpha value is -0.810. The Bertz CT molecular complexity index is 221. The quantitative estimate of drug-likeness (QED) is 0.310. The lowest BCUT2D eigenvalue weighted by Crippen LogP contribution is -2.43. The van der Waals surface area contributed by atoms with Crippen molar-refractivity contribution < 1.29 is 9.94 Å². The fourth-order valence-corrected chi connectivity index (χ4v) is 1.95. The highest BCUT2D eigenvalue weighted by Crippen LogP contribution is 2.13. The van der Waals surface area contributed by atoms with Gasteiger partial charge in [-0.05, 0) is 19.4 Å². The van der Waals surface area contributed by atoms with Crippen LogP contribution in [0.4, 0.5) is 0 Å². The van der Waals surface area contributed by atoms with Crippen LogP contribution < -0.4 is 5.73 Å². The highest BCUT2D eigenvalue weighted by molar-refractivity contribution is 5.82. The second kappa shape index (κ2) is 5.92. The summed E-state index contributed by atoms with van der Waals surface area (Å²) in [5.41, 5.74) is 5.54. The molecule has 0 radical (unpaired) electrons. The molecule has 0 aromatic carbocycles. The van der Waals surface area contributed by atoms with Gasteiger partial charge in [0.15, 0.2) is 0 Å². The Labute approximate surface area is 90.9 Å². The van der Waals surface area contributed by atoms with Crippen molar-refractivity contribution in [3.63, 3.8) is 0 Å². The first kappa shape index (κ1) is 12.3. The van der Waals surface area contributed by atoms with Crippen molar-refractivity contribution in [3.8, 4) is 0 Å². The molecule has 5 nitrogen and oxygen atoms in total. The van der Waals surface area contributed by atoms with Crippen LogP contribution in [0.25, 0.3) is 0 Å². The van der Waals surface area contributed by atoms with Crippen molar-refractivity contribution in [2.75, 3.05) is 26.7 Å². The number of hydrogen-bond acceptors (Lipinski definition) is 4. The van der Waals surface area contributed by atoms with Crippen molar-refractivity contribution in [3.05, 3.63) is 0 Å². The molecule has 0 aromatic heterocycles. The van der Waals surface area contributed by atoms with Crippen LogP contribution in [0.15, 0.2) is 5.16 Å². The molecule has 1 aliphatic rings. The maximum atomic E-state index is 8.55. The minimum atomic E-state index is 0.0885. The van der Waals surface area contributed by atoms with Crippen LogP contribution in [0.3, 0.4) is 0 Å². The Balaban J connectivity index is 2.37. The summed E-state index contributed by atoms with van der Waals surface area (Å²) in [5, 5.41) is 11.6. The van der Waals surface area contributed by atoms with E-state index in [1.54, 1.807) is 7.11 Å². The Morgan fingerprint density at radius 3 is 3.07 bits per heavy atom. The molecule has 0 aromatic rings. The van der Waals surface area contributed by atoms with Crippen molar-refractivity contribution in [1.82, 2.24) is 4.90 Å². The second-order valence-corrected chi connectivity index (χ2v) is 4.19. The smallest absolute Gasteiger partial charge is 0.143 e. The highest BCUT2D eigenvalue weighted by atomic mass is 16.5. The predicted octanol–water partition coefficient (Wildman–Crippen LogP) is 0.480. The minimum Gasteiger partial charge on any atom is -0.409 e. The minimum absolute atomic E-state index is 0.0885. The lowest BCUT2D eigenvalue weighted by atomic mass is 10.1. The molecule has 2 atom stereocenters. The van der Waals surface area contributed by atoms with Crippen LogP contribution in [-0.4, -0.2) is 48.8 Å². The molecule has 5 heteroatoms. The largest absolute Gasteiger partial charge is 0.409 e. The van der Waals surface area contributed by atoms with Crippen LogP contribution in [0.2, 0.25) is 0 Å². The normalized spacial score (nSPS) is 26.5. The molecule has 15 heavy (non-hydrogen) atoms. The number of likely N-dealkylation sites (tertiary alicyclic amines) is 1. The first-order valence-electron chi connectivity index (χ1n) is 5.40. The zero-order valence-corrected chi connectivity index (χ0v) is 9.52. The summed E-state index contributed by atoms with van der Waals surface area (Å²) in [6.45, 7) is 4.81. The molecule has 0 spiro atoms. The first-order chi connectivity index (χ1) is 7.17. The van der Waals surface area contributed by atoms with Crippen LogP contribution in [-0.2, 0) is 4.74 Å². The molecule has 1 saturated heterocycles. The van der Waals surface area contributed by atoms with Crippen molar-refractivity contribution in [2.45, 2.75) is 25.9 Å². The summed E-state index contributed by atoms with van der Waals surface area (Å²) in [7, 11) is 1.75. The van der Waals surface area contributed by atoms with Gasteiger partial charge in [-0.15, -0.1) is 0 Å². The molecule has 88 valence electrons. The van der Waals surface area contributed by atoms with Crippen molar-refractivity contribution in [2.24, 2.45) is 16.8 Å². The number of hydrogen-bond donors (Lipinski definition) is 2. The number of rotatable bonds is 4. The molecule has 1 rings (SSSR count). The van der Waals surface area contributed by atoms with Crippen LogP contribution in [0.5, 0.6) is 0 Å². The number of nitrogens with zero attached hydrogens (tertiary/aromatic N) is 2. The zero-order chi connectivity index (χ0) is 11.3. The molecule has 3 N–H and O–H groups in total. The standard InChI is InChI=1S/C10H21N3O2/c1-8(10(11)12-14)6-13-5-3-4-9(7-13)15-2/h8-9,14H,3-7H2,1-2H3,(H2,11,12). The second-order valence-electron chi connectivity index (χ2n) is 4.19. The third kappa shape index (κ3) is 3.68. The van der Waals surface area contributed by atoms with E-state index in [-0.39, 0.29) is 5.92 Å². The molecule has 1 heterocycles. The molecule has 0 saturated carbocycles. The molecular formula is C10H21N3O2. The average Bonchev–Trinajstić information content (AvgIpc) is 2.28. The van der Waals surface area contributed by atoms with Crippen LogP contribution >= 0.6 is 0 Å². The molecule has 0 aliphatic carbocycles. The zero-order valence-electron chi connectivity index (χ0n) is 9.52. The SMILES string of the molecule is COC1CCCN(CC(C)C(N)=NO)C1. The van der Waals surface area contributed by atoms with E-state index < -0.39 is 0 Å². The van der Waals surface area contributed by atoms with Gasteiger partial charge in [-0.1, -0.05) is 12.1 Å². The predicted molar refractivity (Wildman–Crippen MR) is 59.0 cm³/mol. The highest BCUT2D eigenvalue weighted by Gasteiger charge is 2.21. The summed E-state index contributed by atoms with van der Waals surface area (Å²) < 4.78 is 5.34. The van der Waals surface area contributed by atoms with Gasteiger partial charge in [-0.25, -0.2) is 0 Å². The van der Waals surface area contributed by atoms with E-state index in [2.05, 4.69) is 10.1 Å². The van der Waals surface area contributed by atoms with Gasteiger partial charge in [0, 0.05) is 26.1 Å². The number of methoxy groups -OCH3 is 1. The van der Waals surface area contributed by atoms with Crippen LogP contribution in [0.1, 0.15) is 19.8 Å². The van der Waals surface area contributed by atoms with E-state index in [1.807, 2.05) is 6.92 Å². The molecule has 0 amide bonds. The van der Waals surface area contributed by atoms with Crippen LogP contribution in [0, 0.1) is 5.92 Å². The lowest BCUT2D eigenvalue weighted by Gasteiger charge is -2.33. The lowest BCUT2D eigenvalue weighted by molar-refractivity contribution is 0.0292. The van der Waals surface area contributed by atoms with E-state index in [0.29, 0.717) is 11.9 Å². The summed E-state index contributed by atoms with van der Waals surface area (Å²) >= 11 is 0. The molecule has 1 aliphatic heterocycles. The van der Waals surface area contributed by atoms with Gasteiger partial charge in [0.05, 0.1) is 6.10 Å². The van der Waals surface area contributed by atoms with Gasteiger partial charge >= 0.3 is 0 Å². The van der Waals surface area contributed by atoms with E-state index in [4.69, 9.17) is 15.7 Å². The number of amidine groups is 1. The number of oxime groups is 1. The fourth-order valence-electron chi connectivity index (χ4n) is 1.95. The number of ether oxygens (including phenoxy) is 1. The topological polar surface area (TPSA) is 71.1 Å². The Morgan fingerprint density at radius 2 is 2.47 bits per heavy atom. The molecule has 1 fully saturated rings. The van der Waals surface area contributed by atoms with E-state index in [9.17, 15) is 0 Å². The van der Waals surface area contributed by atoms with Crippen molar-refractivity contribution >= 4 is 5.84 Å². The maximum Gasteiger partial charge on any atom is 0.143 e. The summed E-state index contributed by atoms with van der Waals surface area (Å²) in [6.07, 6.45) is 2.62. The van der Waals surface area contributed by atoms with Gasteiger partial charge < -0.3 is 20.6 Å². The van der Waals surface area contributed by atoms with Gasteiger partial charge in [0.25, 0.3) is 0 Å². The van der Waals surface area contributed by atoms with Gasteiger partial charge in [-0.3, -0.25) is 0 Å². The Morgan fingerprint density at radius 1 is 1.73 bits per heavy atom. The average molecular weight is 215 g/mol. The monoisotopic (exact) mass is 215 g/mol. The van der Waals surface area contributed by atoms with Gasteiger partial charge in [0.1, 0.15) is 5.84 Å². The third-order valence-corrected chi connectivity index (χ3v) is 2.95. The van der Waals surface area contributed by atoms with Gasteiger partial charge in [0.2, 0.25) is 0 Å².